The van der Waals surface area contributed by atoms with Gasteiger partial charge in [0.25, 0.3) is 0 Å². The number of aliphatic hydroxyl groups excluding tert-OH is 4. The van der Waals surface area contributed by atoms with E-state index in [1.807, 2.05) is 0 Å². The van der Waals surface area contributed by atoms with Crippen LogP contribution in [0.15, 0.2) is 0 Å². The molecular weight excluding hydrogens is 1590 g/mol. The van der Waals surface area contributed by atoms with Crippen LogP contribution in [0, 0.1) is 0 Å². The van der Waals surface area contributed by atoms with Gasteiger partial charge in [-0.2, -0.15) is 0 Å². The number of ether oxygens (including phenoxy) is 7. The van der Waals surface area contributed by atoms with Crippen LogP contribution in [-0.2, 0) is 71.0 Å². The van der Waals surface area contributed by atoms with Crippen molar-refractivity contribution in [2.24, 2.45) is 0 Å². The molecule has 0 aliphatic carbocycles. The Bertz CT molecular complexity index is 2580. The SMILES string of the molecule is CCCCCCCCCCCCCCCC(=O)O[C@H](CCCCCCCCCCC)CC(=O)NC1[C@@H](OP(C)(=O)O)OC(CO[C@@H]2OC(CO)C[C@H](OC(=O)C[C@@H](CCCCCCCCCCC)OC(=O)CCCCCCCCCCCCCCC)C2NC(=O)C[C@H](O)CCCCCCCCCCC)[C@@H](O)[C@@H]1OC(=O)C[C@H](O)CCCCCCCCCCC. The van der Waals surface area contributed by atoms with Gasteiger partial charge in [-0.05, 0) is 51.4 Å². The summed E-state index contributed by atoms with van der Waals surface area (Å²) in [7, 11) is -4.61. The van der Waals surface area contributed by atoms with Crippen LogP contribution in [0.2, 0.25) is 0 Å². The molecule has 0 radical (unpaired) electrons. The third-order valence-corrected chi connectivity index (χ3v) is 25.7. The Kier molecular flexibility index (Phi) is 75.8. The van der Waals surface area contributed by atoms with E-state index in [-0.39, 0.29) is 44.9 Å². The number of hydrogen-bond donors (Lipinski definition) is 7. The minimum Gasteiger partial charge on any atom is -0.462 e. The zero-order chi connectivity index (χ0) is 90.6. The van der Waals surface area contributed by atoms with Crippen LogP contribution >= 0.6 is 7.60 Å². The van der Waals surface area contributed by atoms with Crippen LogP contribution in [0.5, 0.6) is 0 Å². The molecule has 2 heterocycles. The van der Waals surface area contributed by atoms with E-state index in [2.05, 4.69) is 52.2 Å². The highest BCUT2D eigenvalue weighted by atomic mass is 31.2. The lowest BCUT2D eigenvalue weighted by atomic mass is 9.95. The Morgan fingerprint density at radius 3 is 1.03 bits per heavy atom. The number of nitrogens with one attached hydrogen (secondary N) is 2. The van der Waals surface area contributed by atoms with Gasteiger partial charge in [-0.25, -0.2) is 0 Å². The molecule has 0 aromatic carbocycles. The number of carbonyl (C=O) groups is 6. The number of aliphatic hydroxyl groups is 4. The van der Waals surface area contributed by atoms with Gasteiger partial charge in [0.2, 0.25) is 11.8 Å². The predicted octanol–water partition coefficient (Wildman–Crippen LogP) is 24.6. The lowest BCUT2D eigenvalue weighted by molar-refractivity contribution is -0.283. The largest absolute Gasteiger partial charge is 0.462 e. The molecule has 730 valence electrons. The number of carbonyl (C=O) groups excluding carboxylic acids is 6. The maximum absolute atomic E-state index is 14.8. The van der Waals surface area contributed by atoms with Crippen molar-refractivity contribution in [1.82, 2.24) is 10.6 Å². The van der Waals surface area contributed by atoms with Crippen LogP contribution in [0.4, 0.5) is 0 Å². The second-order valence-electron chi connectivity index (χ2n) is 37.3. The molecule has 2 amide bonds. The van der Waals surface area contributed by atoms with E-state index in [0.717, 1.165) is 167 Å². The van der Waals surface area contributed by atoms with E-state index in [1.165, 1.54) is 199 Å². The first-order valence-electron chi connectivity index (χ1n) is 52.1. The van der Waals surface area contributed by atoms with Crippen molar-refractivity contribution in [3.8, 4) is 0 Å². The average molecular weight is 1780 g/mol. The Balaban J connectivity index is 2.62. The fraction of sp³-hybridized carbons (Fsp3) is 0.941. The minimum atomic E-state index is -4.61. The minimum absolute atomic E-state index is 0.139. The molecule has 0 spiro atoms. The van der Waals surface area contributed by atoms with Gasteiger partial charge >= 0.3 is 31.5 Å². The average Bonchev–Trinajstić information content (AvgIpc) is 0.783. The van der Waals surface area contributed by atoms with Crippen LogP contribution in [0.1, 0.15) is 510 Å². The van der Waals surface area contributed by atoms with E-state index in [4.69, 9.17) is 37.7 Å². The van der Waals surface area contributed by atoms with Crippen molar-refractivity contribution in [3.05, 3.63) is 0 Å². The second-order valence-corrected chi connectivity index (χ2v) is 39.1. The molecule has 124 heavy (non-hydrogen) atoms. The summed E-state index contributed by atoms with van der Waals surface area (Å²) in [6.45, 7) is 12.8. The van der Waals surface area contributed by atoms with Crippen LogP contribution < -0.4 is 10.6 Å². The number of hydrogen-bond acceptors (Lipinski definition) is 19. The fourth-order valence-electron chi connectivity index (χ4n) is 17.4. The zero-order valence-electron chi connectivity index (χ0n) is 80.3. The molecule has 2 saturated heterocycles. The van der Waals surface area contributed by atoms with Crippen molar-refractivity contribution >= 4 is 43.3 Å². The smallest absolute Gasteiger partial charge is 0.327 e. The van der Waals surface area contributed by atoms with Crippen molar-refractivity contribution < 1.29 is 96.3 Å². The molecule has 0 aromatic rings. The monoisotopic (exact) mass is 1780 g/mol. The van der Waals surface area contributed by atoms with E-state index in [0.29, 0.717) is 57.8 Å². The van der Waals surface area contributed by atoms with Crippen molar-refractivity contribution in [1.29, 1.82) is 0 Å². The molecule has 0 bridgehead atoms. The Hall–Kier alpha value is -3.31. The topological polar surface area (TPSA) is 319 Å². The molecule has 23 heteroatoms. The third-order valence-electron chi connectivity index (χ3n) is 25.1. The Labute approximate surface area is 756 Å². The van der Waals surface area contributed by atoms with Crippen molar-refractivity contribution in [3.63, 3.8) is 0 Å². The van der Waals surface area contributed by atoms with Gasteiger partial charge < -0.3 is 69.1 Å². The molecule has 2 aliphatic heterocycles. The first kappa shape index (κ1) is 117. The zero-order valence-corrected chi connectivity index (χ0v) is 81.2. The van der Waals surface area contributed by atoms with Gasteiger partial charge in [0.15, 0.2) is 18.7 Å². The number of unbranched alkanes of at least 4 members (excludes halogenated alkanes) is 56. The van der Waals surface area contributed by atoms with Gasteiger partial charge in [-0.1, -0.05) is 414 Å². The van der Waals surface area contributed by atoms with Gasteiger partial charge in [0.1, 0.15) is 42.6 Å². The number of rotatable bonds is 88. The van der Waals surface area contributed by atoms with Crippen LogP contribution in [-0.4, -0.2) is 160 Å². The van der Waals surface area contributed by atoms with E-state index in [1.54, 1.807) is 0 Å². The predicted molar refractivity (Wildman–Crippen MR) is 500 cm³/mol. The van der Waals surface area contributed by atoms with E-state index in [9.17, 15) is 58.7 Å². The molecular formula is C101H191N2O20P. The summed E-state index contributed by atoms with van der Waals surface area (Å²) in [6.07, 6.45) is 53.0. The van der Waals surface area contributed by atoms with E-state index < -0.39 is 143 Å². The number of esters is 4. The first-order valence-corrected chi connectivity index (χ1v) is 54.2. The summed E-state index contributed by atoms with van der Waals surface area (Å²) < 4.78 is 63.5. The van der Waals surface area contributed by atoms with Gasteiger partial charge in [-0.15, -0.1) is 0 Å². The molecule has 14 atom stereocenters. The van der Waals surface area contributed by atoms with Crippen molar-refractivity contribution in [2.45, 2.75) is 590 Å². The Morgan fingerprint density at radius 1 is 0.371 bits per heavy atom. The van der Waals surface area contributed by atoms with E-state index >= 15 is 0 Å². The van der Waals surface area contributed by atoms with Gasteiger partial charge in [0, 0.05) is 25.9 Å². The van der Waals surface area contributed by atoms with Crippen LogP contribution in [0.25, 0.3) is 0 Å². The maximum Gasteiger partial charge on any atom is 0.327 e. The lowest BCUT2D eigenvalue weighted by Gasteiger charge is -2.45. The molecule has 0 aromatic heterocycles. The summed E-state index contributed by atoms with van der Waals surface area (Å²) in [6, 6.07) is -3.05. The number of amides is 2. The molecule has 0 saturated carbocycles. The summed E-state index contributed by atoms with van der Waals surface area (Å²) in [5.41, 5.74) is 0. The highest BCUT2D eigenvalue weighted by molar-refractivity contribution is 7.51. The van der Waals surface area contributed by atoms with Crippen molar-refractivity contribution in [2.75, 3.05) is 19.9 Å². The quantitative estimate of drug-likeness (QED) is 0.0129. The third kappa shape index (κ3) is 65.3. The highest BCUT2D eigenvalue weighted by Gasteiger charge is 2.52. The normalized spacial score (nSPS) is 20.0. The summed E-state index contributed by atoms with van der Waals surface area (Å²) in [5.74, 6) is -3.88. The second kappa shape index (κ2) is 80.5. The lowest BCUT2D eigenvalue weighted by Crippen LogP contribution is -2.66. The summed E-state index contributed by atoms with van der Waals surface area (Å²) in [4.78, 5) is 96.7. The fourth-order valence-corrected chi connectivity index (χ4v) is 18.0. The van der Waals surface area contributed by atoms with Gasteiger partial charge in [0.05, 0.1) is 57.2 Å². The molecule has 2 aliphatic rings. The molecule has 7 N–H and O–H groups in total. The standard InChI is InChI=1S/C101H191N2O20P/c1-8-14-20-26-32-38-40-42-44-50-56-62-68-74-92(109)117-85(72-66-60-54-48-36-30-24-18-12-5)79-91(108)103-97-99(122-94(111)77-84(106)71-65-59-53-47-35-29-23-17-11-4)98(113)89(121-101(97)123-124(7,114)115)82-116-100-96(102-90(107)76-83(105)70-64-58-52-46-34-28-22-16-10-3)88(78-87(81-104)119-100)120-95(112)80-86(73-67-61-55-49-37-31-25-19-13-6)118-93(110)75-69-63-57-51-45-43-41-39-33-27-21-15-9-2/h83-89,96-101,104-106,113H,8-82H2,1-7H3,(H,102,107)(H,103,108)(H,114,115)/t83-,84-,85-,86-,87?,88+,89?,96?,97?,98-,99-,100-,101-/m1/s1. The summed E-state index contributed by atoms with van der Waals surface area (Å²) in [5, 5.41) is 52.1. The summed E-state index contributed by atoms with van der Waals surface area (Å²) >= 11 is 0. The molecule has 5 unspecified atom stereocenters. The highest BCUT2D eigenvalue weighted by Crippen LogP contribution is 2.42. The molecule has 2 rings (SSSR count). The maximum atomic E-state index is 14.8. The van der Waals surface area contributed by atoms with Crippen LogP contribution in [0.3, 0.4) is 0 Å². The Morgan fingerprint density at radius 2 is 0.677 bits per heavy atom. The van der Waals surface area contributed by atoms with Gasteiger partial charge in [-0.3, -0.25) is 37.9 Å². The molecule has 2 fully saturated rings. The first-order chi connectivity index (χ1) is 60.2. The molecule has 22 nitrogen and oxygen atoms in total.